The topological polar surface area (TPSA) is 60.2 Å². The Labute approximate surface area is 115 Å². The number of hydrogen-bond donors (Lipinski definition) is 2. The van der Waals surface area contributed by atoms with Crippen molar-refractivity contribution in [2.75, 3.05) is 25.6 Å². The second-order valence-electron chi connectivity index (χ2n) is 4.06. The smallest absolute Gasteiger partial charge is 0.0934 e. The average molecular weight is 310 g/mol. The van der Waals surface area contributed by atoms with E-state index in [-0.39, 0.29) is 6.04 Å². The van der Waals surface area contributed by atoms with Crippen LogP contribution >= 0.6 is 15.9 Å². The van der Waals surface area contributed by atoms with Crippen molar-refractivity contribution in [2.24, 2.45) is 5.73 Å². The Bertz CT molecular complexity index is 533. The summed E-state index contributed by atoms with van der Waals surface area (Å²) >= 11 is 3.42. The zero-order valence-electron chi connectivity index (χ0n) is 10.2. The van der Waals surface area contributed by atoms with Gasteiger partial charge in [-0.15, -0.1) is 0 Å². The number of para-hydroxylation sites is 1. The molecule has 4 nitrogen and oxygen atoms in total. The predicted molar refractivity (Wildman–Crippen MR) is 77.8 cm³/mol. The van der Waals surface area contributed by atoms with Crippen molar-refractivity contribution >= 4 is 32.5 Å². The van der Waals surface area contributed by atoms with Crippen molar-refractivity contribution in [2.45, 2.75) is 6.04 Å². The Morgan fingerprint density at radius 2 is 2.33 bits per heavy atom. The third-order valence-corrected chi connectivity index (χ3v) is 3.12. The van der Waals surface area contributed by atoms with E-state index in [9.17, 15) is 0 Å². The highest BCUT2D eigenvalue weighted by molar-refractivity contribution is 9.10. The number of nitrogens with two attached hydrogens (primary N) is 1. The maximum Gasteiger partial charge on any atom is 0.0934 e. The van der Waals surface area contributed by atoms with Crippen LogP contribution in [0.2, 0.25) is 0 Å². The summed E-state index contributed by atoms with van der Waals surface area (Å²) in [4.78, 5) is 4.44. The number of hydrogen-bond acceptors (Lipinski definition) is 4. The molecule has 96 valence electrons. The summed E-state index contributed by atoms with van der Waals surface area (Å²) in [6.45, 7) is 1.09. The Morgan fingerprint density at radius 1 is 1.50 bits per heavy atom. The largest absolute Gasteiger partial charge is 0.383 e. The van der Waals surface area contributed by atoms with Crippen LogP contribution in [0.15, 0.2) is 34.9 Å². The SMILES string of the molecule is COCC(CN)Nc1cccc2cc(Br)cnc12. The molecule has 3 N–H and O–H groups in total. The number of aromatic nitrogens is 1. The molecule has 0 bridgehead atoms. The number of nitrogens with zero attached hydrogens (tertiary/aromatic N) is 1. The van der Waals surface area contributed by atoms with Crippen molar-refractivity contribution in [1.29, 1.82) is 0 Å². The van der Waals surface area contributed by atoms with Gasteiger partial charge in [0.05, 0.1) is 23.9 Å². The van der Waals surface area contributed by atoms with Crippen LogP contribution in [-0.4, -0.2) is 31.3 Å². The molecule has 1 unspecified atom stereocenters. The number of fused-ring (bicyclic) bond motifs is 1. The van der Waals surface area contributed by atoms with E-state index in [2.05, 4.69) is 26.2 Å². The van der Waals surface area contributed by atoms with Gasteiger partial charge >= 0.3 is 0 Å². The monoisotopic (exact) mass is 309 g/mol. The molecule has 0 aliphatic rings. The molecule has 0 amide bonds. The molecule has 0 aliphatic carbocycles. The molecule has 0 aliphatic heterocycles. The first-order chi connectivity index (χ1) is 8.74. The fourth-order valence-corrected chi connectivity index (χ4v) is 2.19. The zero-order chi connectivity index (χ0) is 13.0. The summed E-state index contributed by atoms with van der Waals surface area (Å²) < 4.78 is 6.10. The van der Waals surface area contributed by atoms with Crippen LogP contribution in [0.4, 0.5) is 5.69 Å². The maximum atomic E-state index is 5.70. The number of halogens is 1. The van der Waals surface area contributed by atoms with E-state index in [1.165, 1.54) is 0 Å². The van der Waals surface area contributed by atoms with Crippen LogP contribution in [0, 0.1) is 0 Å². The summed E-state index contributed by atoms with van der Waals surface area (Å²) in [6.07, 6.45) is 1.79. The molecule has 1 aromatic heterocycles. The van der Waals surface area contributed by atoms with Crippen molar-refractivity contribution in [3.05, 3.63) is 34.9 Å². The van der Waals surface area contributed by atoms with Crippen LogP contribution in [0.3, 0.4) is 0 Å². The Hall–Kier alpha value is -1.17. The quantitative estimate of drug-likeness (QED) is 0.890. The van der Waals surface area contributed by atoms with Gasteiger partial charge in [-0.1, -0.05) is 12.1 Å². The van der Waals surface area contributed by atoms with Crippen molar-refractivity contribution < 1.29 is 4.74 Å². The summed E-state index contributed by atoms with van der Waals surface area (Å²) in [5.41, 5.74) is 7.62. The molecule has 0 saturated carbocycles. The van der Waals surface area contributed by atoms with E-state index < -0.39 is 0 Å². The highest BCUT2D eigenvalue weighted by Crippen LogP contribution is 2.24. The lowest BCUT2D eigenvalue weighted by Crippen LogP contribution is -2.33. The minimum Gasteiger partial charge on any atom is -0.383 e. The Kier molecular flexibility index (Phi) is 4.52. The van der Waals surface area contributed by atoms with Crippen LogP contribution in [-0.2, 0) is 4.74 Å². The van der Waals surface area contributed by atoms with Gasteiger partial charge in [-0.25, -0.2) is 0 Å². The van der Waals surface area contributed by atoms with E-state index in [1.54, 1.807) is 13.3 Å². The van der Waals surface area contributed by atoms with Crippen LogP contribution in [0.25, 0.3) is 10.9 Å². The summed E-state index contributed by atoms with van der Waals surface area (Å²) in [5.74, 6) is 0. The number of rotatable bonds is 5. The standard InChI is InChI=1S/C13H16BrN3O/c1-18-8-11(6-15)17-12-4-2-3-9-5-10(14)7-16-13(9)12/h2-5,7,11,17H,6,8,15H2,1H3. The van der Waals surface area contributed by atoms with Gasteiger partial charge < -0.3 is 15.8 Å². The molecule has 0 radical (unpaired) electrons. The van der Waals surface area contributed by atoms with E-state index in [1.807, 2.05) is 24.3 Å². The molecule has 5 heteroatoms. The zero-order valence-corrected chi connectivity index (χ0v) is 11.8. The number of anilines is 1. The van der Waals surface area contributed by atoms with Gasteiger partial charge in [-0.2, -0.15) is 0 Å². The summed E-state index contributed by atoms with van der Waals surface area (Å²) in [7, 11) is 1.67. The van der Waals surface area contributed by atoms with E-state index in [0.717, 1.165) is 21.1 Å². The van der Waals surface area contributed by atoms with Crippen LogP contribution < -0.4 is 11.1 Å². The first kappa shape index (κ1) is 13.3. The van der Waals surface area contributed by atoms with Gasteiger partial charge in [-0.3, -0.25) is 4.98 Å². The van der Waals surface area contributed by atoms with Crippen LogP contribution in [0.5, 0.6) is 0 Å². The van der Waals surface area contributed by atoms with E-state index in [0.29, 0.717) is 13.2 Å². The highest BCUT2D eigenvalue weighted by atomic mass is 79.9. The highest BCUT2D eigenvalue weighted by Gasteiger charge is 2.09. The lowest BCUT2D eigenvalue weighted by molar-refractivity contribution is 0.187. The van der Waals surface area contributed by atoms with E-state index >= 15 is 0 Å². The first-order valence-corrected chi connectivity index (χ1v) is 6.53. The van der Waals surface area contributed by atoms with Crippen molar-refractivity contribution in [3.8, 4) is 0 Å². The number of pyridine rings is 1. The minimum atomic E-state index is 0.0889. The van der Waals surface area contributed by atoms with Crippen molar-refractivity contribution in [1.82, 2.24) is 4.98 Å². The Balaban J connectivity index is 2.32. The van der Waals surface area contributed by atoms with Crippen molar-refractivity contribution in [3.63, 3.8) is 0 Å². The van der Waals surface area contributed by atoms with Gasteiger partial charge in [0.2, 0.25) is 0 Å². The van der Waals surface area contributed by atoms with Gasteiger partial charge in [0, 0.05) is 29.7 Å². The normalized spacial score (nSPS) is 12.6. The van der Waals surface area contributed by atoms with Gasteiger partial charge in [0.15, 0.2) is 0 Å². The fourth-order valence-electron chi connectivity index (χ4n) is 1.84. The molecule has 1 heterocycles. The molecule has 1 aromatic carbocycles. The average Bonchev–Trinajstić information content (AvgIpc) is 2.38. The lowest BCUT2D eigenvalue weighted by Gasteiger charge is -2.18. The molecule has 2 aromatic rings. The number of methoxy groups -OCH3 is 1. The van der Waals surface area contributed by atoms with Gasteiger partial charge in [-0.05, 0) is 28.1 Å². The van der Waals surface area contributed by atoms with Crippen LogP contribution in [0.1, 0.15) is 0 Å². The van der Waals surface area contributed by atoms with Gasteiger partial charge in [0.25, 0.3) is 0 Å². The summed E-state index contributed by atoms with van der Waals surface area (Å²) in [6, 6.07) is 8.17. The number of benzene rings is 1. The number of nitrogens with one attached hydrogen (secondary N) is 1. The molecule has 0 spiro atoms. The van der Waals surface area contributed by atoms with Gasteiger partial charge in [0.1, 0.15) is 0 Å². The molecular weight excluding hydrogens is 294 g/mol. The third kappa shape index (κ3) is 2.98. The third-order valence-electron chi connectivity index (χ3n) is 2.69. The molecule has 0 fully saturated rings. The second kappa shape index (κ2) is 6.13. The summed E-state index contributed by atoms with van der Waals surface area (Å²) in [5, 5.41) is 4.45. The minimum absolute atomic E-state index is 0.0889. The maximum absolute atomic E-state index is 5.70. The molecule has 18 heavy (non-hydrogen) atoms. The molecule has 1 atom stereocenters. The fraction of sp³-hybridized carbons (Fsp3) is 0.308. The van der Waals surface area contributed by atoms with E-state index in [4.69, 9.17) is 10.5 Å². The first-order valence-electron chi connectivity index (χ1n) is 5.74. The molecule has 0 saturated heterocycles. The Morgan fingerprint density at radius 3 is 3.06 bits per heavy atom. The number of ether oxygens (including phenoxy) is 1. The molecule has 2 rings (SSSR count). The molecular formula is C13H16BrN3O. The lowest BCUT2D eigenvalue weighted by atomic mass is 10.1. The second-order valence-corrected chi connectivity index (χ2v) is 4.98. The predicted octanol–water partition coefficient (Wildman–Crippen LogP) is 2.38.